The topological polar surface area (TPSA) is 151 Å². The van der Waals surface area contributed by atoms with E-state index in [4.69, 9.17) is 20.2 Å². The van der Waals surface area contributed by atoms with E-state index in [-0.39, 0.29) is 5.91 Å². The van der Waals surface area contributed by atoms with E-state index in [1.165, 1.54) is 5.69 Å². The molecule has 0 unspecified atom stereocenters. The van der Waals surface area contributed by atoms with Gasteiger partial charge in [0.1, 0.15) is 17.4 Å². The zero-order valence-electron chi connectivity index (χ0n) is 24.8. The van der Waals surface area contributed by atoms with Crippen molar-refractivity contribution >= 4 is 33.7 Å². The summed E-state index contributed by atoms with van der Waals surface area (Å²) in [5.74, 6) is 2.25. The monoisotopic (exact) mass is 592 g/mol. The second kappa shape index (κ2) is 13.5. The number of aromatic nitrogens is 4. The first-order valence-corrected chi connectivity index (χ1v) is 15.0. The van der Waals surface area contributed by atoms with Crippen molar-refractivity contribution in [2.75, 3.05) is 57.8 Å². The van der Waals surface area contributed by atoms with Crippen molar-refractivity contribution in [1.82, 2.24) is 30.2 Å². The van der Waals surface area contributed by atoms with Gasteiger partial charge in [0.2, 0.25) is 5.91 Å². The maximum Gasteiger partial charge on any atom is 0.220 e. The lowest BCUT2D eigenvalue weighted by atomic mass is 10.2. The Bertz CT molecular complexity index is 1800. The molecule has 0 atom stereocenters. The number of anilines is 1. The van der Waals surface area contributed by atoms with Crippen LogP contribution in [0.4, 0.5) is 5.69 Å². The Morgan fingerprint density at radius 1 is 0.955 bits per heavy atom. The van der Waals surface area contributed by atoms with E-state index in [0.29, 0.717) is 39.0 Å². The highest BCUT2D eigenvalue weighted by atomic mass is 16.5. The highest BCUT2D eigenvalue weighted by molar-refractivity contribution is 5.87. The second-order valence-corrected chi connectivity index (χ2v) is 11.0. The van der Waals surface area contributed by atoms with E-state index in [1.807, 2.05) is 30.3 Å². The summed E-state index contributed by atoms with van der Waals surface area (Å²) in [6.45, 7) is 5.49. The number of piperazine rings is 1. The van der Waals surface area contributed by atoms with E-state index in [2.05, 4.69) is 72.5 Å². The molecular formula is C32H36N10O2. The Morgan fingerprint density at radius 3 is 2.59 bits per heavy atom. The fraction of sp³-hybridized carbons (Fsp3) is 0.344. The van der Waals surface area contributed by atoms with Crippen LogP contribution < -0.4 is 15.0 Å². The smallest absolute Gasteiger partial charge is 0.220 e. The third-order valence-electron chi connectivity index (χ3n) is 7.84. The number of carbonyl (C=O) groups is 1. The Kier molecular flexibility index (Phi) is 8.90. The lowest BCUT2D eigenvalue weighted by Gasteiger charge is -2.34. The molecule has 0 aliphatic carbocycles. The molecule has 0 saturated carbocycles. The van der Waals surface area contributed by atoms with Crippen molar-refractivity contribution in [2.45, 2.75) is 19.3 Å². The summed E-state index contributed by atoms with van der Waals surface area (Å²) < 4.78 is 5.91. The number of hydrogen-bond donors (Lipinski definition) is 3. The zero-order chi connectivity index (χ0) is 30.3. The molecule has 12 nitrogen and oxygen atoms in total. The van der Waals surface area contributed by atoms with Gasteiger partial charge in [0, 0.05) is 67.4 Å². The summed E-state index contributed by atoms with van der Waals surface area (Å²) in [6, 6.07) is 20.4. The predicted octanol–water partition coefficient (Wildman–Crippen LogP) is 5.50. The number of aromatic amines is 2. The second-order valence-electron chi connectivity index (χ2n) is 11.0. The van der Waals surface area contributed by atoms with E-state index in [9.17, 15) is 4.79 Å². The van der Waals surface area contributed by atoms with E-state index in [0.717, 1.165) is 76.8 Å². The molecule has 1 saturated heterocycles. The maximum atomic E-state index is 12.0. The number of carbonyl (C=O) groups excluding carboxylic acids is 1. The van der Waals surface area contributed by atoms with Crippen LogP contribution in [-0.2, 0) is 4.79 Å². The number of nitrogens with one attached hydrogen (secondary N) is 3. The van der Waals surface area contributed by atoms with Crippen molar-refractivity contribution in [2.24, 2.45) is 5.11 Å². The molecule has 1 aliphatic heterocycles. The van der Waals surface area contributed by atoms with Crippen molar-refractivity contribution in [3.05, 3.63) is 71.1 Å². The normalized spacial score (nSPS) is 13.7. The number of benzene rings is 3. The van der Waals surface area contributed by atoms with Crippen LogP contribution in [0.15, 0.2) is 65.8 Å². The molecule has 226 valence electrons. The van der Waals surface area contributed by atoms with Gasteiger partial charge < -0.3 is 29.8 Å². The van der Waals surface area contributed by atoms with Crippen molar-refractivity contribution < 1.29 is 9.53 Å². The minimum atomic E-state index is -0.0389. The molecule has 2 aromatic heterocycles. The minimum absolute atomic E-state index is 0.0389. The van der Waals surface area contributed by atoms with Gasteiger partial charge in [0.05, 0.1) is 28.7 Å². The number of hydrogen-bond acceptors (Lipinski definition) is 7. The lowest BCUT2D eigenvalue weighted by molar-refractivity contribution is -0.121. The van der Waals surface area contributed by atoms with E-state index >= 15 is 0 Å². The third kappa shape index (κ3) is 6.94. The first-order chi connectivity index (χ1) is 21.6. The first-order valence-electron chi connectivity index (χ1n) is 15.0. The summed E-state index contributed by atoms with van der Waals surface area (Å²) in [4.78, 5) is 36.1. The fourth-order valence-electron chi connectivity index (χ4n) is 5.35. The molecule has 44 heavy (non-hydrogen) atoms. The molecule has 3 N–H and O–H groups in total. The average Bonchev–Trinajstić information content (AvgIpc) is 3.67. The quantitative estimate of drug-likeness (QED) is 0.0753. The van der Waals surface area contributed by atoms with Gasteiger partial charge in [-0.15, -0.1) is 0 Å². The molecule has 1 fully saturated rings. The number of rotatable bonds is 12. The zero-order valence-corrected chi connectivity index (χ0v) is 24.8. The number of nitrogens with zero attached hydrogens (tertiary/aromatic N) is 7. The van der Waals surface area contributed by atoms with Crippen LogP contribution >= 0.6 is 0 Å². The van der Waals surface area contributed by atoms with Crippen LogP contribution in [0.25, 0.3) is 55.3 Å². The molecule has 0 bridgehead atoms. The lowest BCUT2D eigenvalue weighted by Crippen LogP contribution is -2.44. The Balaban J connectivity index is 1.08. The molecular weight excluding hydrogens is 556 g/mol. The molecule has 0 spiro atoms. The summed E-state index contributed by atoms with van der Waals surface area (Å²) in [6.07, 6.45) is 1.59. The van der Waals surface area contributed by atoms with Crippen LogP contribution in [-0.4, -0.2) is 83.7 Å². The van der Waals surface area contributed by atoms with Crippen molar-refractivity contribution in [3.8, 4) is 28.5 Å². The number of imidazole rings is 2. The van der Waals surface area contributed by atoms with Gasteiger partial charge in [0.15, 0.2) is 0 Å². The Hall–Kier alpha value is -5.06. The van der Waals surface area contributed by atoms with Crippen molar-refractivity contribution in [3.63, 3.8) is 0 Å². The molecule has 3 aromatic carbocycles. The van der Waals surface area contributed by atoms with E-state index < -0.39 is 0 Å². The molecule has 12 heteroatoms. The number of H-pyrrole nitrogens is 2. The Morgan fingerprint density at radius 2 is 1.75 bits per heavy atom. The van der Waals surface area contributed by atoms with Gasteiger partial charge >= 0.3 is 0 Å². The number of azide groups is 1. The van der Waals surface area contributed by atoms with Crippen LogP contribution in [0, 0.1) is 0 Å². The largest absolute Gasteiger partial charge is 0.494 e. The maximum absolute atomic E-state index is 12.0. The summed E-state index contributed by atoms with van der Waals surface area (Å²) in [7, 11) is 2.17. The van der Waals surface area contributed by atoms with Crippen LogP contribution in [0.5, 0.6) is 5.75 Å². The molecule has 0 radical (unpaired) electrons. The summed E-state index contributed by atoms with van der Waals surface area (Å²) in [5.41, 5.74) is 15.2. The SMILES string of the molecule is CN1CCN(c2ccc3nc(-c4ccc5[nH]c(-c6cccc(OCCCC(=O)NCCCN=[N+]=[N-])c6)nc5c4)[nH]c3c2)CC1. The number of amides is 1. The predicted molar refractivity (Wildman–Crippen MR) is 173 cm³/mol. The summed E-state index contributed by atoms with van der Waals surface area (Å²) in [5, 5.41) is 6.28. The van der Waals surface area contributed by atoms with Gasteiger partial charge in [0.25, 0.3) is 0 Å². The van der Waals surface area contributed by atoms with Gasteiger partial charge in [-0.2, -0.15) is 0 Å². The summed E-state index contributed by atoms with van der Waals surface area (Å²) >= 11 is 0. The van der Waals surface area contributed by atoms with Crippen LogP contribution in [0.3, 0.4) is 0 Å². The number of ether oxygens (including phenoxy) is 1. The molecule has 6 rings (SSSR count). The van der Waals surface area contributed by atoms with Gasteiger partial charge in [-0.25, -0.2) is 9.97 Å². The number of fused-ring (bicyclic) bond motifs is 2. The van der Waals surface area contributed by atoms with E-state index in [1.54, 1.807) is 0 Å². The van der Waals surface area contributed by atoms with Crippen LogP contribution in [0.2, 0.25) is 0 Å². The first kappa shape index (κ1) is 29.0. The highest BCUT2D eigenvalue weighted by Crippen LogP contribution is 2.29. The van der Waals surface area contributed by atoms with Gasteiger partial charge in [-0.05, 0) is 74.0 Å². The van der Waals surface area contributed by atoms with Crippen molar-refractivity contribution in [1.29, 1.82) is 0 Å². The molecule has 1 aliphatic rings. The fourth-order valence-corrected chi connectivity index (χ4v) is 5.35. The molecule has 5 aromatic rings. The Labute approximate surface area is 255 Å². The van der Waals surface area contributed by atoms with Gasteiger partial charge in [-0.3, -0.25) is 4.79 Å². The van der Waals surface area contributed by atoms with Gasteiger partial charge in [-0.1, -0.05) is 17.2 Å². The molecule has 3 heterocycles. The highest BCUT2D eigenvalue weighted by Gasteiger charge is 2.16. The minimum Gasteiger partial charge on any atom is -0.494 e. The molecule has 1 amide bonds. The standard InChI is InChI=1S/C32H36N10O2/c1-41-14-16-42(17-15-41)24-9-11-27-29(21-24)39-32(37-27)23-8-10-26-28(20-23)38-31(36-26)22-5-2-6-25(19-22)44-18-3-7-30(43)34-12-4-13-35-40-33/h2,5-6,8-11,19-21H,3-4,7,12-18H2,1H3,(H,34,43)(H,36,38)(H,37,39). The number of likely N-dealkylation sites (N-methyl/N-ethyl adjacent to an activating group) is 1. The van der Waals surface area contributed by atoms with Crippen LogP contribution in [0.1, 0.15) is 19.3 Å². The third-order valence-corrected chi connectivity index (χ3v) is 7.84. The average molecular weight is 593 g/mol.